The lowest BCUT2D eigenvalue weighted by molar-refractivity contribution is -0.147. The van der Waals surface area contributed by atoms with Crippen LogP contribution in [0, 0.1) is 0 Å². The summed E-state index contributed by atoms with van der Waals surface area (Å²) in [5.74, 6) is -3.01. The molecule has 0 radical (unpaired) electrons. The molecule has 0 heterocycles. The van der Waals surface area contributed by atoms with Gasteiger partial charge in [0.2, 0.25) is 5.91 Å². The number of rotatable bonds is 21. The number of aliphatic hydroxyl groups is 1. The van der Waals surface area contributed by atoms with Crippen LogP contribution in [0.4, 0.5) is 0 Å². The van der Waals surface area contributed by atoms with Crippen LogP contribution in [0.3, 0.4) is 0 Å². The Balaban J connectivity index is 3.50. The molecule has 0 saturated carbocycles. The molecule has 0 fully saturated rings. The number of amides is 1. The molecule has 0 saturated heterocycles. The van der Waals surface area contributed by atoms with Crippen molar-refractivity contribution >= 4 is 17.8 Å². The second-order valence-electron chi connectivity index (χ2n) is 7.81. The number of allylic oxidation sites excluding steroid dienone is 4. The second kappa shape index (κ2) is 21.1. The largest absolute Gasteiger partial charge is 0.481 e. The molecule has 7 nitrogen and oxygen atoms in total. The van der Waals surface area contributed by atoms with Crippen molar-refractivity contribution in [3.63, 3.8) is 0 Å². The number of hydrogen-bond acceptors (Lipinski definition) is 4. The number of carbonyl (C=O) groups is 3. The third-order valence-corrected chi connectivity index (χ3v) is 4.89. The van der Waals surface area contributed by atoms with E-state index < -0.39 is 30.3 Å². The fourth-order valence-corrected chi connectivity index (χ4v) is 3.09. The number of hydrogen-bond donors (Lipinski definition) is 4. The molecule has 0 aromatic carbocycles. The summed E-state index contributed by atoms with van der Waals surface area (Å²) in [6.45, 7) is 0.288. The van der Waals surface area contributed by atoms with E-state index in [1.165, 1.54) is 32.1 Å². The first kappa shape index (κ1) is 28.9. The Bertz CT molecular complexity index is 544. The number of nitrogens with one attached hydrogen (secondary N) is 1. The Kier molecular flexibility index (Phi) is 19.6. The van der Waals surface area contributed by atoms with E-state index in [1.807, 2.05) is 0 Å². The van der Waals surface area contributed by atoms with Crippen LogP contribution in [0.5, 0.6) is 0 Å². The summed E-state index contributed by atoms with van der Waals surface area (Å²) >= 11 is 0. The lowest BCUT2D eigenvalue weighted by Gasteiger charge is -2.12. The van der Waals surface area contributed by atoms with Crippen molar-refractivity contribution in [3.8, 4) is 0 Å². The first-order chi connectivity index (χ1) is 15.0. The normalized spacial score (nSPS) is 12.4. The summed E-state index contributed by atoms with van der Waals surface area (Å²) < 4.78 is 0. The number of unbranched alkanes of at least 4 members (excludes halogenated alkanes) is 10. The van der Waals surface area contributed by atoms with Crippen LogP contribution in [0.2, 0.25) is 0 Å². The molecule has 0 bridgehead atoms. The molecule has 178 valence electrons. The molecule has 0 aliphatic rings. The van der Waals surface area contributed by atoms with Crippen molar-refractivity contribution in [2.75, 3.05) is 6.61 Å². The third-order valence-electron chi connectivity index (χ3n) is 4.89. The van der Waals surface area contributed by atoms with Gasteiger partial charge >= 0.3 is 11.9 Å². The summed E-state index contributed by atoms with van der Waals surface area (Å²) in [7, 11) is 0. The van der Waals surface area contributed by atoms with E-state index in [0.717, 1.165) is 44.9 Å². The van der Waals surface area contributed by atoms with Gasteiger partial charge in [-0.2, -0.15) is 0 Å². The van der Waals surface area contributed by atoms with E-state index in [0.29, 0.717) is 6.42 Å². The van der Waals surface area contributed by atoms with Crippen molar-refractivity contribution in [3.05, 3.63) is 24.3 Å². The number of aliphatic carboxylic acids is 2. The van der Waals surface area contributed by atoms with Gasteiger partial charge in [0.15, 0.2) is 0 Å². The molecule has 0 aliphatic carbocycles. The highest BCUT2D eigenvalue weighted by atomic mass is 16.4. The average Bonchev–Trinajstić information content (AvgIpc) is 2.72. The summed E-state index contributed by atoms with van der Waals surface area (Å²) in [4.78, 5) is 33.2. The van der Waals surface area contributed by atoms with Gasteiger partial charge in [0.05, 0.1) is 6.42 Å². The molecule has 1 unspecified atom stereocenters. The highest BCUT2D eigenvalue weighted by Gasteiger charge is 2.22. The lowest BCUT2D eigenvalue weighted by atomic mass is 10.1. The lowest BCUT2D eigenvalue weighted by Crippen LogP contribution is -2.42. The van der Waals surface area contributed by atoms with Gasteiger partial charge in [-0.3, -0.25) is 9.59 Å². The number of carbonyl (C=O) groups excluding carboxylic acids is 1. The van der Waals surface area contributed by atoms with Gasteiger partial charge in [-0.05, 0) is 64.2 Å². The molecule has 0 rings (SSSR count). The summed E-state index contributed by atoms with van der Waals surface area (Å²) in [5, 5.41) is 28.5. The minimum atomic E-state index is -1.37. The minimum absolute atomic E-state index is 0.203. The highest BCUT2D eigenvalue weighted by Crippen LogP contribution is 2.09. The maximum atomic E-state index is 11.7. The standard InChI is InChI=1S/C24H41NO6/c26-19-17-15-13-11-9-7-5-3-1-2-4-6-8-10-12-14-16-18-22(27)25-21(24(30)31)20-23(28)29/h8-11,21,26H,1-7,12-20H2,(H,25,27)(H,28,29)(H,30,31). The van der Waals surface area contributed by atoms with Crippen LogP contribution in [-0.4, -0.2) is 45.8 Å². The van der Waals surface area contributed by atoms with Crippen molar-refractivity contribution in [2.24, 2.45) is 0 Å². The van der Waals surface area contributed by atoms with E-state index in [-0.39, 0.29) is 13.0 Å². The molecule has 0 spiro atoms. The van der Waals surface area contributed by atoms with Crippen LogP contribution in [-0.2, 0) is 14.4 Å². The molecular weight excluding hydrogens is 398 g/mol. The Morgan fingerprint density at radius 2 is 1.13 bits per heavy atom. The Hall–Kier alpha value is -2.15. The van der Waals surface area contributed by atoms with E-state index in [1.54, 1.807) is 0 Å². The molecule has 0 aliphatic heterocycles. The van der Waals surface area contributed by atoms with Gasteiger partial charge in [0.1, 0.15) is 6.04 Å². The topological polar surface area (TPSA) is 124 Å². The first-order valence-corrected chi connectivity index (χ1v) is 11.6. The Morgan fingerprint density at radius 3 is 1.58 bits per heavy atom. The summed E-state index contributed by atoms with van der Waals surface area (Å²) in [6, 6.07) is -1.37. The van der Waals surface area contributed by atoms with Crippen molar-refractivity contribution in [1.82, 2.24) is 5.32 Å². The Labute approximate surface area is 186 Å². The van der Waals surface area contributed by atoms with Gasteiger partial charge in [-0.25, -0.2) is 4.79 Å². The summed E-state index contributed by atoms with van der Waals surface area (Å²) in [6.07, 6.45) is 22.2. The van der Waals surface area contributed by atoms with Crippen molar-refractivity contribution in [2.45, 2.75) is 102 Å². The van der Waals surface area contributed by atoms with Crippen LogP contribution in [0.25, 0.3) is 0 Å². The second-order valence-corrected chi connectivity index (χ2v) is 7.81. The molecule has 1 amide bonds. The van der Waals surface area contributed by atoms with Crippen LogP contribution < -0.4 is 5.32 Å². The SMILES string of the molecule is O=C(O)CC(NC(=O)CCCCC=CCCCCCCCC=CCCCCO)C(=O)O. The predicted molar refractivity (Wildman–Crippen MR) is 122 cm³/mol. The molecule has 4 N–H and O–H groups in total. The van der Waals surface area contributed by atoms with Crippen molar-refractivity contribution < 1.29 is 29.7 Å². The fourth-order valence-electron chi connectivity index (χ4n) is 3.09. The van der Waals surface area contributed by atoms with E-state index in [9.17, 15) is 14.4 Å². The van der Waals surface area contributed by atoms with E-state index in [4.69, 9.17) is 15.3 Å². The zero-order valence-corrected chi connectivity index (χ0v) is 18.8. The zero-order chi connectivity index (χ0) is 23.2. The summed E-state index contributed by atoms with van der Waals surface area (Å²) in [5.41, 5.74) is 0. The molecule has 0 aromatic rings. The monoisotopic (exact) mass is 439 g/mol. The van der Waals surface area contributed by atoms with Crippen molar-refractivity contribution in [1.29, 1.82) is 0 Å². The zero-order valence-electron chi connectivity index (χ0n) is 18.8. The maximum absolute atomic E-state index is 11.7. The Morgan fingerprint density at radius 1 is 0.677 bits per heavy atom. The predicted octanol–water partition coefficient (Wildman–Crippen LogP) is 4.60. The molecule has 31 heavy (non-hydrogen) atoms. The maximum Gasteiger partial charge on any atom is 0.326 e. The van der Waals surface area contributed by atoms with Gasteiger partial charge in [0, 0.05) is 13.0 Å². The van der Waals surface area contributed by atoms with Crippen LogP contribution in [0.1, 0.15) is 96.3 Å². The highest BCUT2D eigenvalue weighted by molar-refractivity contribution is 5.86. The molecular formula is C24H41NO6. The van der Waals surface area contributed by atoms with E-state index in [2.05, 4.69) is 29.6 Å². The number of aliphatic hydroxyl groups excluding tert-OH is 1. The minimum Gasteiger partial charge on any atom is -0.481 e. The smallest absolute Gasteiger partial charge is 0.326 e. The van der Waals surface area contributed by atoms with Gasteiger partial charge < -0.3 is 20.6 Å². The van der Waals surface area contributed by atoms with Gasteiger partial charge in [-0.15, -0.1) is 0 Å². The number of carboxylic acids is 2. The first-order valence-electron chi connectivity index (χ1n) is 11.6. The molecule has 7 heteroatoms. The van der Waals surface area contributed by atoms with E-state index >= 15 is 0 Å². The van der Waals surface area contributed by atoms with Crippen LogP contribution in [0.15, 0.2) is 24.3 Å². The third kappa shape index (κ3) is 20.9. The quantitative estimate of drug-likeness (QED) is 0.153. The van der Waals surface area contributed by atoms with Crippen LogP contribution >= 0.6 is 0 Å². The molecule has 0 aromatic heterocycles. The molecule has 1 atom stereocenters. The fraction of sp³-hybridized carbons (Fsp3) is 0.708. The average molecular weight is 440 g/mol. The van der Waals surface area contributed by atoms with Gasteiger partial charge in [0.25, 0.3) is 0 Å². The number of carboxylic acid groups (broad SMARTS) is 2. The van der Waals surface area contributed by atoms with Gasteiger partial charge in [-0.1, -0.05) is 43.6 Å².